The maximum atomic E-state index is 5.44. The summed E-state index contributed by atoms with van der Waals surface area (Å²) in [7, 11) is 0. The molecule has 0 aromatic carbocycles. The fraction of sp³-hybridized carbons (Fsp3) is 1.00. The summed E-state index contributed by atoms with van der Waals surface area (Å²) in [5.41, 5.74) is 0.579. The number of ether oxygens (including phenoxy) is 2. The topological polar surface area (TPSA) is 21.7 Å². The molecule has 3 aliphatic rings. The molecule has 0 unspecified atom stereocenters. The van der Waals surface area contributed by atoms with Gasteiger partial charge in [-0.1, -0.05) is 0 Å². The third kappa shape index (κ3) is 1.47. The first kappa shape index (κ1) is 9.13. The van der Waals surface area contributed by atoms with Crippen LogP contribution in [0.4, 0.5) is 0 Å². The van der Waals surface area contributed by atoms with Crippen LogP contribution in [0.25, 0.3) is 0 Å². The normalized spacial score (nSPS) is 37.3. The zero-order valence-electron chi connectivity index (χ0n) is 8.71. The maximum absolute atomic E-state index is 5.44. The van der Waals surface area contributed by atoms with Crippen molar-refractivity contribution in [3.8, 4) is 0 Å². The Bertz CT molecular complexity index is 199. The minimum atomic E-state index is 0.579. The van der Waals surface area contributed by atoms with Crippen molar-refractivity contribution in [3.63, 3.8) is 0 Å². The highest BCUT2D eigenvalue weighted by atomic mass is 16.5. The smallest absolute Gasteiger partial charge is 0.0622 e. The molecule has 3 fully saturated rings. The average molecular weight is 197 g/mol. The van der Waals surface area contributed by atoms with Gasteiger partial charge in [-0.2, -0.15) is 0 Å². The predicted molar refractivity (Wildman–Crippen MR) is 53.3 cm³/mol. The predicted octanol–water partition coefficient (Wildman–Crippen LogP) is 0.888. The van der Waals surface area contributed by atoms with Gasteiger partial charge in [0.15, 0.2) is 0 Å². The highest BCUT2D eigenvalue weighted by Gasteiger charge is 2.42. The lowest BCUT2D eigenvalue weighted by molar-refractivity contribution is -0.142. The van der Waals surface area contributed by atoms with Crippen LogP contribution >= 0.6 is 0 Å². The van der Waals surface area contributed by atoms with Crippen LogP contribution in [0.5, 0.6) is 0 Å². The first-order chi connectivity index (χ1) is 6.88. The van der Waals surface area contributed by atoms with Crippen LogP contribution in [-0.2, 0) is 9.47 Å². The molecule has 3 nitrogen and oxygen atoms in total. The molecule has 14 heavy (non-hydrogen) atoms. The second-order valence-electron chi connectivity index (χ2n) is 5.05. The molecule has 0 amide bonds. The van der Waals surface area contributed by atoms with E-state index in [2.05, 4.69) is 4.90 Å². The van der Waals surface area contributed by atoms with Gasteiger partial charge >= 0.3 is 0 Å². The molecule has 0 N–H and O–H groups in total. The van der Waals surface area contributed by atoms with Crippen molar-refractivity contribution in [3.05, 3.63) is 0 Å². The molecule has 3 rings (SSSR count). The molecular formula is C11H19NO2. The van der Waals surface area contributed by atoms with E-state index < -0.39 is 0 Å². The molecule has 80 valence electrons. The van der Waals surface area contributed by atoms with Crippen LogP contribution in [0.1, 0.15) is 19.3 Å². The summed E-state index contributed by atoms with van der Waals surface area (Å²) < 4.78 is 10.8. The van der Waals surface area contributed by atoms with Gasteiger partial charge in [0.25, 0.3) is 0 Å². The van der Waals surface area contributed by atoms with Gasteiger partial charge in [0.1, 0.15) is 0 Å². The van der Waals surface area contributed by atoms with E-state index in [1.54, 1.807) is 0 Å². The summed E-state index contributed by atoms with van der Waals surface area (Å²) in [6, 6.07) is 0.716. The van der Waals surface area contributed by atoms with Crippen LogP contribution < -0.4 is 0 Å². The lowest BCUT2D eigenvalue weighted by Gasteiger charge is -2.48. The molecule has 0 saturated carbocycles. The number of nitrogens with zero attached hydrogens (tertiary/aromatic N) is 1. The van der Waals surface area contributed by atoms with E-state index in [4.69, 9.17) is 9.47 Å². The molecule has 0 aliphatic carbocycles. The Balaban J connectivity index is 1.54. The molecular weight excluding hydrogens is 178 g/mol. The first-order valence-corrected chi connectivity index (χ1v) is 5.78. The molecule has 0 aromatic heterocycles. The van der Waals surface area contributed by atoms with Gasteiger partial charge in [-0.3, -0.25) is 4.90 Å². The molecule has 3 heteroatoms. The van der Waals surface area contributed by atoms with Crippen LogP contribution in [0, 0.1) is 5.41 Å². The summed E-state index contributed by atoms with van der Waals surface area (Å²) in [4.78, 5) is 2.62. The van der Waals surface area contributed by atoms with Crippen molar-refractivity contribution >= 4 is 0 Å². The molecule has 3 heterocycles. The average Bonchev–Trinajstić information content (AvgIpc) is 2.68. The monoisotopic (exact) mass is 197 g/mol. The van der Waals surface area contributed by atoms with Crippen LogP contribution in [0.15, 0.2) is 0 Å². The van der Waals surface area contributed by atoms with Gasteiger partial charge in [0.2, 0.25) is 0 Å². The zero-order valence-corrected chi connectivity index (χ0v) is 8.71. The first-order valence-electron chi connectivity index (χ1n) is 5.78. The van der Waals surface area contributed by atoms with Gasteiger partial charge < -0.3 is 9.47 Å². The van der Waals surface area contributed by atoms with E-state index in [0.717, 1.165) is 26.4 Å². The van der Waals surface area contributed by atoms with Crippen molar-refractivity contribution in [2.24, 2.45) is 5.41 Å². The lowest BCUT2D eigenvalue weighted by atomic mass is 9.76. The van der Waals surface area contributed by atoms with Crippen molar-refractivity contribution in [2.75, 3.05) is 39.5 Å². The molecule has 0 aromatic rings. The maximum Gasteiger partial charge on any atom is 0.0622 e. The minimum Gasteiger partial charge on any atom is -0.380 e. The standard InChI is InChI=1S/C11H19NO2/c1-6-13-7-10(1)12-4-2-11(3-5-12)8-14-9-11/h10H,1-9H2/t10-/m0/s1. The van der Waals surface area contributed by atoms with Crippen molar-refractivity contribution in [2.45, 2.75) is 25.3 Å². The highest BCUT2D eigenvalue weighted by Crippen LogP contribution is 2.39. The third-order valence-electron chi connectivity index (χ3n) is 4.10. The Labute approximate surface area is 85.4 Å². The molecule has 0 bridgehead atoms. The molecule has 1 atom stereocenters. The Morgan fingerprint density at radius 2 is 1.86 bits per heavy atom. The number of rotatable bonds is 1. The van der Waals surface area contributed by atoms with E-state index >= 15 is 0 Å². The molecule has 3 saturated heterocycles. The van der Waals surface area contributed by atoms with E-state index in [1.165, 1.54) is 32.4 Å². The number of likely N-dealkylation sites (tertiary alicyclic amines) is 1. The Morgan fingerprint density at radius 1 is 1.07 bits per heavy atom. The van der Waals surface area contributed by atoms with E-state index in [0.29, 0.717) is 11.5 Å². The zero-order chi connectivity index (χ0) is 9.43. The number of hydrogen-bond donors (Lipinski definition) is 0. The van der Waals surface area contributed by atoms with Gasteiger partial charge in [0, 0.05) is 18.1 Å². The second-order valence-corrected chi connectivity index (χ2v) is 5.05. The summed E-state index contributed by atoms with van der Waals surface area (Å²) in [5.74, 6) is 0. The molecule has 3 aliphatic heterocycles. The van der Waals surface area contributed by atoms with E-state index in [-0.39, 0.29) is 0 Å². The van der Waals surface area contributed by atoms with E-state index in [9.17, 15) is 0 Å². The fourth-order valence-electron chi connectivity index (χ4n) is 2.85. The molecule has 0 radical (unpaired) electrons. The molecule has 1 spiro atoms. The van der Waals surface area contributed by atoms with Crippen LogP contribution in [0.2, 0.25) is 0 Å². The van der Waals surface area contributed by atoms with Gasteiger partial charge in [0.05, 0.1) is 19.8 Å². The Morgan fingerprint density at radius 3 is 2.36 bits per heavy atom. The Hall–Kier alpha value is -0.120. The van der Waals surface area contributed by atoms with Gasteiger partial charge in [-0.05, 0) is 32.4 Å². The quantitative estimate of drug-likeness (QED) is 0.623. The number of hydrogen-bond acceptors (Lipinski definition) is 3. The summed E-state index contributed by atoms with van der Waals surface area (Å²) in [6.07, 6.45) is 3.91. The lowest BCUT2D eigenvalue weighted by Crippen LogP contribution is -2.53. The summed E-state index contributed by atoms with van der Waals surface area (Å²) >= 11 is 0. The van der Waals surface area contributed by atoms with E-state index in [1.807, 2.05) is 0 Å². The summed E-state index contributed by atoms with van der Waals surface area (Å²) in [5, 5.41) is 0. The van der Waals surface area contributed by atoms with Crippen LogP contribution in [-0.4, -0.2) is 50.5 Å². The highest BCUT2D eigenvalue weighted by molar-refractivity contribution is 4.92. The Kier molecular flexibility index (Phi) is 2.26. The second kappa shape index (κ2) is 3.47. The van der Waals surface area contributed by atoms with Crippen LogP contribution in [0.3, 0.4) is 0 Å². The summed E-state index contributed by atoms with van der Waals surface area (Å²) in [6.45, 7) is 6.48. The fourth-order valence-corrected chi connectivity index (χ4v) is 2.85. The third-order valence-corrected chi connectivity index (χ3v) is 4.10. The van der Waals surface area contributed by atoms with Crippen molar-refractivity contribution in [1.29, 1.82) is 0 Å². The van der Waals surface area contributed by atoms with Gasteiger partial charge in [-0.15, -0.1) is 0 Å². The SMILES string of the molecule is C1C[C@H](N2CCC3(CC2)COC3)CO1. The minimum absolute atomic E-state index is 0.579. The van der Waals surface area contributed by atoms with Gasteiger partial charge in [-0.25, -0.2) is 0 Å². The van der Waals surface area contributed by atoms with Crippen molar-refractivity contribution < 1.29 is 9.47 Å². The largest absolute Gasteiger partial charge is 0.380 e. The van der Waals surface area contributed by atoms with Crippen molar-refractivity contribution in [1.82, 2.24) is 4.90 Å². The number of piperidine rings is 1.